The molecule has 1 atom stereocenters. The molecule has 0 saturated carbocycles. The highest BCUT2D eigenvalue weighted by Crippen LogP contribution is 2.21. The molecule has 7 nitrogen and oxygen atoms in total. The lowest BCUT2D eigenvalue weighted by atomic mass is 10.1. The Bertz CT molecular complexity index is 1150. The first kappa shape index (κ1) is 23.1. The third-order valence-corrected chi connectivity index (χ3v) is 5.52. The Morgan fingerprint density at radius 3 is 2.50 bits per heavy atom. The highest BCUT2D eigenvalue weighted by atomic mass is 35.5. The molecule has 32 heavy (non-hydrogen) atoms. The maximum atomic E-state index is 12.5. The normalized spacial score (nSPS) is 12.0. The molecule has 0 fully saturated rings. The van der Waals surface area contributed by atoms with Crippen LogP contribution in [0.25, 0.3) is 6.08 Å². The van der Waals surface area contributed by atoms with Gasteiger partial charge < -0.3 is 16.4 Å². The van der Waals surface area contributed by atoms with E-state index in [0.717, 1.165) is 28.1 Å². The lowest BCUT2D eigenvalue weighted by molar-refractivity contribution is -0.117. The maximum Gasteiger partial charge on any atom is 0.316 e. The lowest BCUT2D eigenvalue weighted by Crippen LogP contribution is -2.24. The number of nitrogens with two attached hydrogens (primary N) is 1. The van der Waals surface area contributed by atoms with Gasteiger partial charge in [0.15, 0.2) is 0 Å². The van der Waals surface area contributed by atoms with Gasteiger partial charge in [0.25, 0.3) is 0 Å². The van der Waals surface area contributed by atoms with Crippen LogP contribution in [0.1, 0.15) is 41.0 Å². The summed E-state index contributed by atoms with van der Waals surface area (Å²) >= 11 is 6.27. The van der Waals surface area contributed by atoms with E-state index >= 15 is 0 Å². The molecule has 0 radical (unpaired) electrons. The van der Waals surface area contributed by atoms with E-state index in [0.29, 0.717) is 17.3 Å². The Balaban J connectivity index is 1.65. The largest absolute Gasteiger partial charge is 0.351 e. The predicted octanol–water partition coefficient (Wildman–Crippen LogP) is 4.58. The Labute approximate surface area is 192 Å². The number of rotatable bonds is 7. The summed E-state index contributed by atoms with van der Waals surface area (Å²) in [6.07, 6.45) is 3.29. The highest BCUT2D eigenvalue weighted by Gasteiger charge is 2.12. The summed E-state index contributed by atoms with van der Waals surface area (Å²) in [5.41, 5.74) is 10.3. The van der Waals surface area contributed by atoms with Gasteiger partial charge in [-0.2, -0.15) is 5.10 Å². The van der Waals surface area contributed by atoms with E-state index in [2.05, 4.69) is 15.7 Å². The third kappa shape index (κ3) is 5.76. The second kappa shape index (κ2) is 10.2. The van der Waals surface area contributed by atoms with Crippen LogP contribution in [0.2, 0.25) is 5.02 Å². The van der Waals surface area contributed by atoms with Crippen LogP contribution >= 0.6 is 11.6 Å². The summed E-state index contributed by atoms with van der Waals surface area (Å²) in [5, 5.41) is 10.7. The van der Waals surface area contributed by atoms with Crippen molar-refractivity contribution in [3.63, 3.8) is 0 Å². The molecule has 2 aromatic carbocycles. The second-order valence-corrected chi connectivity index (χ2v) is 7.92. The SMILES string of the molecule is Cc1nn(Cc2ccccc2Cl)c(C)c1/C=C/C(=O)NC(C)c1ccc(NC(N)=O)cc1. The molecule has 0 bridgehead atoms. The molecular weight excluding hydrogens is 426 g/mol. The third-order valence-electron chi connectivity index (χ3n) is 5.15. The minimum absolute atomic E-state index is 0.208. The first-order valence-corrected chi connectivity index (χ1v) is 10.5. The van der Waals surface area contributed by atoms with Gasteiger partial charge in [0, 0.05) is 28.0 Å². The molecule has 3 rings (SSSR count). The highest BCUT2D eigenvalue weighted by molar-refractivity contribution is 6.31. The maximum absolute atomic E-state index is 12.5. The van der Waals surface area contributed by atoms with Crippen molar-refractivity contribution in [1.29, 1.82) is 0 Å². The van der Waals surface area contributed by atoms with Gasteiger partial charge in [0.05, 0.1) is 18.3 Å². The van der Waals surface area contributed by atoms with E-state index in [1.807, 2.05) is 61.9 Å². The van der Waals surface area contributed by atoms with Gasteiger partial charge in [-0.25, -0.2) is 4.79 Å². The van der Waals surface area contributed by atoms with Gasteiger partial charge in [0.2, 0.25) is 5.91 Å². The molecule has 1 heterocycles. The predicted molar refractivity (Wildman–Crippen MR) is 127 cm³/mol. The minimum Gasteiger partial charge on any atom is -0.351 e. The van der Waals surface area contributed by atoms with Crippen LogP contribution in [0.5, 0.6) is 0 Å². The molecule has 0 aliphatic carbocycles. The average molecular weight is 452 g/mol. The Morgan fingerprint density at radius 2 is 1.84 bits per heavy atom. The van der Waals surface area contributed by atoms with Crippen LogP contribution in [0.15, 0.2) is 54.6 Å². The zero-order chi connectivity index (χ0) is 23.3. The number of halogens is 1. The fourth-order valence-electron chi connectivity index (χ4n) is 3.40. The number of nitrogens with zero attached hydrogens (tertiary/aromatic N) is 2. The van der Waals surface area contributed by atoms with Crippen LogP contribution in [0.3, 0.4) is 0 Å². The summed E-state index contributed by atoms with van der Waals surface area (Å²) in [6.45, 7) is 6.33. The molecule has 0 saturated heterocycles. The molecule has 166 valence electrons. The number of aryl methyl sites for hydroxylation is 1. The van der Waals surface area contributed by atoms with Gasteiger partial charge in [0.1, 0.15) is 0 Å². The van der Waals surface area contributed by atoms with Crippen molar-refractivity contribution in [2.75, 3.05) is 5.32 Å². The van der Waals surface area contributed by atoms with Crippen molar-refractivity contribution in [3.05, 3.63) is 87.7 Å². The molecular formula is C24H26ClN5O2. The number of anilines is 1. The van der Waals surface area contributed by atoms with E-state index in [-0.39, 0.29) is 11.9 Å². The first-order valence-electron chi connectivity index (χ1n) is 10.2. The molecule has 0 spiro atoms. The average Bonchev–Trinajstić information content (AvgIpc) is 3.00. The summed E-state index contributed by atoms with van der Waals surface area (Å²) < 4.78 is 1.89. The Morgan fingerprint density at radius 1 is 1.16 bits per heavy atom. The van der Waals surface area contributed by atoms with Crippen LogP contribution in [-0.4, -0.2) is 21.7 Å². The van der Waals surface area contributed by atoms with E-state index in [9.17, 15) is 9.59 Å². The number of nitrogens with one attached hydrogen (secondary N) is 2. The van der Waals surface area contributed by atoms with Crippen molar-refractivity contribution in [2.24, 2.45) is 5.73 Å². The van der Waals surface area contributed by atoms with Crippen LogP contribution in [-0.2, 0) is 11.3 Å². The summed E-state index contributed by atoms with van der Waals surface area (Å²) in [6, 6.07) is 14.0. The van der Waals surface area contributed by atoms with Crippen LogP contribution in [0, 0.1) is 13.8 Å². The van der Waals surface area contributed by atoms with Crippen molar-refractivity contribution in [2.45, 2.75) is 33.4 Å². The molecule has 3 amide bonds. The lowest BCUT2D eigenvalue weighted by Gasteiger charge is -2.13. The summed E-state index contributed by atoms with van der Waals surface area (Å²) in [5.74, 6) is -0.213. The van der Waals surface area contributed by atoms with E-state index in [1.54, 1.807) is 18.2 Å². The Hall–Kier alpha value is -3.58. The quantitative estimate of drug-likeness (QED) is 0.458. The summed E-state index contributed by atoms with van der Waals surface area (Å²) in [4.78, 5) is 23.4. The number of hydrogen-bond acceptors (Lipinski definition) is 3. The molecule has 4 N–H and O–H groups in total. The zero-order valence-electron chi connectivity index (χ0n) is 18.2. The second-order valence-electron chi connectivity index (χ2n) is 7.51. The molecule has 0 aliphatic heterocycles. The van der Waals surface area contributed by atoms with Gasteiger partial charge in [-0.3, -0.25) is 9.48 Å². The van der Waals surface area contributed by atoms with Gasteiger partial charge in [-0.05, 0) is 56.2 Å². The van der Waals surface area contributed by atoms with Gasteiger partial charge in [-0.1, -0.05) is 41.9 Å². The molecule has 1 unspecified atom stereocenters. The van der Waals surface area contributed by atoms with Crippen LogP contribution < -0.4 is 16.4 Å². The number of hydrogen-bond donors (Lipinski definition) is 3. The van der Waals surface area contributed by atoms with E-state index in [4.69, 9.17) is 17.3 Å². The first-order chi connectivity index (χ1) is 15.2. The number of aromatic nitrogens is 2. The van der Waals surface area contributed by atoms with Crippen molar-refractivity contribution < 1.29 is 9.59 Å². The van der Waals surface area contributed by atoms with Crippen molar-refractivity contribution in [1.82, 2.24) is 15.1 Å². The minimum atomic E-state index is -0.620. The zero-order valence-corrected chi connectivity index (χ0v) is 19.0. The molecule has 3 aromatic rings. The van der Waals surface area contributed by atoms with Crippen LogP contribution in [0.4, 0.5) is 10.5 Å². The van der Waals surface area contributed by atoms with Crippen molar-refractivity contribution >= 4 is 35.3 Å². The number of carbonyl (C=O) groups is 2. The summed E-state index contributed by atoms with van der Waals surface area (Å²) in [7, 11) is 0. The number of urea groups is 1. The van der Waals surface area contributed by atoms with E-state index in [1.165, 1.54) is 6.08 Å². The monoisotopic (exact) mass is 451 g/mol. The molecule has 1 aromatic heterocycles. The molecule has 8 heteroatoms. The topological polar surface area (TPSA) is 102 Å². The number of primary amides is 1. The fraction of sp³-hybridized carbons (Fsp3) is 0.208. The molecule has 0 aliphatic rings. The van der Waals surface area contributed by atoms with Crippen molar-refractivity contribution in [3.8, 4) is 0 Å². The van der Waals surface area contributed by atoms with Gasteiger partial charge >= 0.3 is 6.03 Å². The number of benzene rings is 2. The number of amides is 3. The standard InChI is InChI=1S/C24H26ClN5O2/c1-15(18-8-10-20(11-9-18)28-24(26)32)27-23(31)13-12-21-16(2)29-30(17(21)3)14-19-6-4-5-7-22(19)25/h4-13,15H,14H2,1-3H3,(H,27,31)(H3,26,28,32)/b13-12+. The Kier molecular flexibility index (Phi) is 7.33. The number of carbonyl (C=O) groups excluding carboxylic acids is 2. The smallest absolute Gasteiger partial charge is 0.316 e. The van der Waals surface area contributed by atoms with Gasteiger partial charge in [-0.15, -0.1) is 0 Å². The fourth-order valence-corrected chi connectivity index (χ4v) is 3.59. The van der Waals surface area contributed by atoms with E-state index < -0.39 is 6.03 Å².